The molecular weight excluding hydrogens is 558 g/mol. The fourth-order valence-electron chi connectivity index (χ4n) is 5.21. The summed E-state index contributed by atoms with van der Waals surface area (Å²) in [7, 11) is 1.52. The van der Waals surface area contributed by atoms with Crippen LogP contribution in [-0.4, -0.2) is 70.8 Å². The van der Waals surface area contributed by atoms with Gasteiger partial charge >= 0.3 is 12.1 Å². The van der Waals surface area contributed by atoms with Gasteiger partial charge in [-0.2, -0.15) is 0 Å². The molecular formula is C31H44ClN5O5. The summed E-state index contributed by atoms with van der Waals surface area (Å²) in [5.74, 6) is 0.770. The normalized spacial score (nSPS) is 17.5. The minimum absolute atomic E-state index is 0. The van der Waals surface area contributed by atoms with Gasteiger partial charge in [-0.05, 0) is 75.8 Å². The number of carbonyl (C=O) groups excluding carboxylic acids is 3. The Bertz CT molecular complexity index is 1270. The molecule has 2 fully saturated rings. The van der Waals surface area contributed by atoms with E-state index in [0.29, 0.717) is 36.0 Å². The van der Waals surface area contributed by atoms with Crippen LogP contribution in [0.5, 0.6) is 5.75 Å². The smallest absolute Gasteiger partial charge is 0.328 e. The van der Waals surface area contributed by atoms with E-state index in [1.165, 1.54) is 12.0 Å². The zero-order valence-electron chi connectivity index (χ0n) is 25.1. The van der Waals surface area contributed by atoms with Gasteiger partial charge in [0, 0.05) is 31.4 Å². The number of nitrogens with zero attached hydrogens (tertiary/aromatic N) is 2. The quantitative estimate of drug-likeness (QED) is 0.236. The number of aliphatic hydroxyl groups is 1. The summed E-state index contributed by atoms with van der Waals surface area (Å²) >= 11 is 0. The zero-order valence-corrected chi connectivity index (χ0v) is 25.9. The minimum atomic E-state index is -1.02. The predicted octanol–water partition coefficient (Wildman–Crippen LogP) is 5.14. The van der Waals surface area contributed by atoms with Crippen molar-refractivity contribution in [2.24, 2.45) is 5.92 Å². The summed E-state index contributed by atoms with van der Waals surface area (Å²) in [6.45, 7) is 8.27. The van der Waals surface area contributed by atoms with Crippen LogP contribution in [0.4, 0.5) is 21.0 Å². The Morgan fingerprint density at radius 1 is 1.12 bits per heavy atom. The minimum Gasteiger partial charge on any atom is -0.495 e. The molecule has 4 N–H and O–H groups in total. The second-order valence-electron chi connectivity index (χ2n) is 11.7. The molecule has 230 valence electrons. The second kappa shape index (κ2) is 14.2. The maximum Gasteiger partial charge on any atom is 0.328 e. The number of rotatable bonds is 13. The zero-order chi connectivity index (χ0) is 29.7. The van der Waals surface area contributed by atoms with E-state index in [-0.39, 0.29) is 49.6 Å². The lowest BCUT2D eigenvalue weighted by Gasteiger charge is -2.28. The van der Waals surface area contributed by atoms with Crippen molar-refractivity contribution < 1.29 is 24.2 Å². The molecule has 0 bridgehead atoms. The van der Waals surface area contributed by atoms with Gasteiger partial charge in [0.2, 0.25) is 0 Å². The molecule has 1 heterocycles. The van der Waals surface area contributed by atoms with Crippen LogP contribution >= 0.6 is 12.4 Å². The van der Waals surface area contributed by atoms with Crippen LogP contribution in [0.15, 0.2) is 42.5 Å². The molecule has 0 aromatic heterocycles. The predicted molar refractivity (Wildman–Crippen MR) is 166 cm³/mol. The van der Waals surface area contributed by atoms with E-state index in [2.05, 4.69) is 16.0 Å². The molecule has 1 saturated heterocycles. The van der Waals surface area contributed by atoms with Gasteiger partial charge in [0.15, 0.2) is 0 Å². The van der Waals surface area contributed by atoms with Gasteiger partial charge in [-0.25, -0.2) is 9.59 Å². The lowest BCUT2D eigenvalue weighted by molar-refractivity contribution is -0.133. The van der Waals surface area contributed by atoms with Crippen molar-refractivity contribution in [3.63, 3.8) is 0 Å². The van der Waals surface area contributed by atoms with Crippen LogP contribution in [0.1, 0.15) is 57.6 Å². The van der Waals surface area contributed by atoms with Gasteiger partial charge in [-0.1, -0.05) is 37.1 Å². The first kappa shape index (κ1) is 33.2. The molecule has 2 aromatic rings. The molecule has 0 unspecified atom stereocenters. The van der Waals surface area contributed by atoms with Crippen LogP contribution in [-0.2, 0) is 11.3 Å². The molecule has 0 radical (unpaired) electrons. The second-order valence-corrected chi connectivity index (χ2v) is 11.7. The first-order valence-corrected chi connectivity index (χ1v) is 14.3. The largest absolute Gasteiger partial charge is 0.495 e. The van der Waals surface area contributed by atoms with Crippen LogP contribution in [0.25, 0.3) is 0 Å². The molecule has 5 amide bonds. The summed E-state index contributed by atoms with van der Waals surface area (Å²) < 4.78 is 5.56. The number of nitrogens with one attached hydrogen (secondary N) is 3. The van der Waals surface area contributed by atoms with Gasteiger partial charge in [-0.3, -0.25) is 9.69 Å². The number of para-hydroxylation sites is 1. The number of ether oxygens (including phenoxy) is 1. The highest BCUT2D eigenvalue weighted by Crippen LogP contribution is 2.38. The Morgan fingerprint density at radius 2 is 1.81 bits per heavy atom. The van der Waals surface area contributed by atoms with Crippen LogP contribution < -0.4 is 20.7 Å². The van der Waals surface area contributed by atoms with E-state index in [0.717, 1.165) is 30.4 Å². The third-order valence-corrected chi connectivity index (χ3v) is 8.03. The molecule has 42 heavy (non-hydrogen) atoms. The van der Waals surface area contributed by atoms with E-state index in [9.17, 15) is 19.5 Å². The molecule has 1 saturated carbocycles. The number of hydrogen-bond donors (Lipinski definition) is 4. The number of benzene rings is 2. The third-order valence-electron chi connectivity index (χ3n) is 8.03. The Balaban J connectivity index is 0.00000484. The summed E-state index contributed by atoms with van der Waals surface area (Å²) in [6.07, 6.45) is 3.62. The Morgan fingerprint density at radius 3 is 2.45 bits per heavy atom. The first-order chi connectivity index (χ1) is 19.5. The Labute approximate surface area is 254 Å². The standard InChI is InChI=1S/C31H43N5O5.ClH/c1-20-8-6-7-9-25(20)33-29(39)34-26-13-12-23(17-27(26)41-5)19-35-30(40)36(28(38)31(35,3)4)24(16-22-10-11-22)18-32-21(2)14-15-37;/h6-9,12-13,17,21-22,24,32,37H,10-11,14-16,18-19H2,1-5H3,(H2,33,34,39);1H/t21-,24-;/m1./s1. The van der Waals surface area contributed by atoms with Crippen LogP contribution in [0.3, 0.4) is 0 Å². The molecule has 1 aliphatic heterocycles. The van der Waals surface area contributed by atoms with Crippen molar-refractivity contribution in [3.05, 3.63) is 53.6 Å². The summed E-state index contributed by atoms with van der Waals surface area (Å²) in [4.78, 5) is 43.1. The number of imide groups is 1. The molecule has 2 aromatic carbocycles. The van der Waals surface area contributed by atoms with Gasteiger partial charge in [-0.15, -0.1) is 12.4 Å². The van der Waals surface area contributed by atoms with E-state index in [1.54, 1.807) is 30.9 Å². The Hall–Kier alpha value is -3.34. The fourth-order valence-corrected chi connectivity index (χ4v) is 5.21. The lowest BCUT2D eigenvalue weighted by atomic mass is 10.0. The van der Waals surface area contributed by atoms with Crippen molar-refractivity contribution in [1.82, 2.24) is 15.1 Å². The van der Waals surface area contributed by atoms with Gasteiger partial charge in [0.1, 0.15) is 11.3 Å². The molecule has 2 aliphatic rings. The van der Waals surface area contributed by atoms with Gasteiger partial charge in [0.05, 0.1) is 18.8 Å². The van der Waals surface area contributed by atoms with Crippen LogP contribution in [0, 0.1) is 12.8 Å². The van der Waals surface area contributed by atoms with Crippen molar-refractivity contribution in [2.75, 3.05) is 30.9 Å². The number of carbonyl (C=O) groups is 3. The third kappa shape index (κ3) is 7.73. The number of urea groups is 2. The lowest BCUT2D eigenvalue weighted by Crippen LogP contribution is -2.49. The molecule has 0 spiro atoms. The van der Waals surface area contributed by atoms with Crippen molar-refractivity contribution in [2.45, 2.75) is 77.5 Å². The van der Waals surface area contributed by atoms with Crippen molar-refractivity contribution in [1.29, 1.82) is 0 Å². The van der Waals surface area contributed by atoms with Gasteiger partial charge in [0.25, 0.3) is 5.91 Å². The number of methoxy groups -OCH3 is 1. The van der Waals surface area contributed by atoms with E-state index in [1.807, 2.05) is 44.2 Å². The molecule has 4 rings (SSSR count). The average Bonchev–Trinajstić information content (AvgIpc) is 3.73. The highest BCUT2D eigenvalue weighted by Gasteiger charge is 2.53. The number of hydrogen-bond acceptors (Lipinski definition) is 6. The first-order valence-electron chi connectivity index (χ1n) is 14.3. The number of anilines is 2. The summed E-state index contributed by atoms with van der Waals surface area (Å²) in [5.41, 5.74) is 1.90. The van der Waals surface area contributed by atoms with Crippen molar-refractivity contribution in [3.8, 4) is 5.75 Å². The summed E-state index contributed by atoms with van der Waals surface area (Å²) in [5, 5.41) is 18.3. The maximum absolute atomic E-state index is 13.8. The number of aryl methyl sites for hydroxylation is 1. The average molecular weight is 602 g/mol. The highest BCUT2D eigenvalue weighted by atomic mass is 35.5. The SMILES string of the molecule is COc1cc(CN2C(=O)N([C@@H](CN[C@H](C)CCO)CC3CC3)C(=O)C2(C)C)ccc1NC(=O)Nc1ccccc1C.Cl. The van der Waals surface area contributed by atoms with E-state index < -0.39 is 11.6 Å². The van der Waals surface area contributed by atoms with E-state index in [4.69, 9.17) is 4.74 Å². The topological polar surface area (TPSA) is 123 Å². The molecule has 2 atom stereocenters. The highest BCUT2D eigenvalue weighted by molar-refractivity contribution is 6.07. The molecule has 1 aliphatic carbocycles. The van der Waals surface area contributed by atoms with Crippen LogP contribution in [0.2, 0.25) is 0 Å². The van der Waals surface area contributed by atoms with Crippen molar-refractivity contribution >= 4 is 41.8 Å². The summed E-state index contributed by atoms with van der Waals surface area (Å²) in [6, 6.07) is 12.0. The van der Waals surface area contributed by atoms with E-state index >= 15 is 0 Å². The number of halogens is 1. The number of amides is 5. The maximum atomic E-state index is 13.8. The molecule has 10 nitrogen and oxygen atoms in total. The Kier molecular flexibility index (Phi) is 11.2. The fraction of sp³-hybridized carbons (Fsp3) is 0.516. The monoisotopic (exact) mass is 601 g/mol. The molecule has 11 heteroatoms. The number of aliphatic hydroxyl groups excluding tert-OH is 1. The van der Waals surface area contributed by atoms with Gasteiger partial charge < -0.3 is 30.7 Å².